The van der Waals surface area contributed by atoms with Crippen LogP contribution in [0.15, 0.2) is 0 Å². The van der Waals surface area contributed by atoms with Crippen LogP contribution in [0.25, 0.3) is 0 Å². The molecule has 1 heterocycles. The summed E-state index contributed by atoms with van der Waals surface area (Å²) in [4.78, 5) is 14.5. The molecule has 0 radical (unpaired) electrons. The van der Waals surface area contributed by atoms with Crippen molar-refractivity contribution < 1.29 is 9.53 Å². The minimum absolute atomic E-state index is 0.310. The first-order chi connectivity index (χ1) is 8.69. The molecule has 1 aromatic rings. The molecule has 5 nitrogen and oxygen atoms in total. The zero-order valence-corrected chi connectivity index (χ0v) is 12.1. The molecule has 0 unspecified atom stereocenters. The van der Waals surface area contributed by atoms with Crippen LogP contribution in [-0.2, 0) is 4.74 Å². The number of carbonyl (C=O) groups is 1. The minimum Gasteiger partial charge on any atom is -0.460 e. The van der Waals surface area contributed by atoms with Gasteiger partial charge in [-0.3, -0.25) is 4.90 Å². The Kier molecular flexibility index (Phi) is 6.82. The maximum absolute atomic E-state index is 11.7. The van der Waals surface area contributed by atoms with Crippen LogP contribution in [0.5, 0.6) is 0 Å². The topological polar surface area (TPSA) is 55.3 Å². The van der Waals surface area contributed by atoms with Crippen molar-refractivity contribution in [1.29, 1.82) is 0 Å². The zero-order valence-electron chi connectivity index (χ0n) is 11.3. The Morgan fingerprint density at radius 1 is 1.28 bits per heavy atom. The lowest BCUT2D eigenvalue weighted by Gasteiger charge is -2.20. The SMILES string of the molecule is CCCN(CCC)CCOC(=O)c1snnc1C. The second kappa shape index (κ2) is 8.16. The summed E-state index contributed by atoms with van der Waals surface area (Å²) in [7, 11) is 0. The summed E-state index contributed by atoms with van der Waals surface area (Å²) in [6, 6.07) is 0. The van der Waals surface area contributed by atoms with Crippen LogP contribution in [-0.4, -0.2) is 46.7 Å². The van der Waals surface area contributed by atoms with Crippen molar-refractivity contribution in [2.45, 2.75) is 33.6 Å². The summed E-state index contributed by atoms with van der Waals surface area (Å²) in [5.41, 5.74) is 0.643. The molecule has 0 spiro atoms. The molecular weight excluding hydrogens is 250 g/mol. The van der Waals surface area contributed by atoms with Crippen molar-refractivity contribution in [2.75, 3.05) is 26.2 Å². The Morgan fingerprint density at radius 2 is 1.94 bits per heavy atom. The van der Waals surface area contributed by atoms with E-state index in [9.17, 15) is 4.79 Å². The van der Waals surface area contributed by atoms with Crippen LogP contribution >= 0.6 is 11.5 Å². The Bertz CT molecular complexity index is 362. The monoisotopic (exact) mass is 271 g/mol. The highest BCUT2D eigenvalue weighted by Crippen LogP contribution is 2.10. The van der Waals surface area contributed by atoms with Crippen molar-refractivity contribution in [3.8, 4) is 0 Å². The van der Waals surface area contributed by atoms with Gasteiger partial charge >= 0.3 is 5.97 Å². The van der Waals surface area contributed by atoms with Gasteiger partial charge in [-0.1, -0.05) is 18.3 Å². The van der Waals surface area contributed by atoms with E-state index in [-0.39, 0.29) is 5.97 Å². The van der Waals surface area contributed by atoms with Gasteiger partial charge in [-0.15, -0.1) is 5.10 Å². The Hall–Kier alpha value is -1.01. The van der Waals surface area contributed by atoms with Crippen molar-refractivity contribution in [1.82, 2.24) is 14.5 Å². The van der Waals surface area contributed by atoms with Crippen molar-refractivity contribution in [2.24, 2.45) is 0 Å². The van der Waals surface area contributed by atoms with Crippen LogP contribution in [0.1, 0.15) is 42.1 Å². The van der Waals surface area contributed by atoms with E-state index in [4.69, 9.17) is 4.74 Å². The zero-order chi connectivity index (χ0) is 13.4. The standard InChI is InChI=1S/C12H21N3O2S/c1-4-6-15(7-5-2)8-9-17-12(16)11-10(3)13-14-18-11/h4-9H2,1-3H3. The van der Waals surface area contributed by atoms with Crippen molar-refractivity contribution >= 4 is 17.5 Å². The molecule has 1 rings (SSSR count). The van der Waals surface area contributed by atoms with E-state index < -0.39 is 0 Å². The first kappa shape index (κ1) is 15.0. The van der Waals surface area contributed by atoms with Gasteiger partial charge in [-0.2, -0.15) is 0 Å². The van der Waals surface area contributed by atoms with Gasteiger partial charge in [-0.25, -0.2) is 4.79 Å². The number of rotatable bonds is 8. The predicted octanol–water partition coefficient (Wildman–Crippen LogP) is 2.13. The third kappa shape index (κ3) is 4.70. The molecule has 0 saturated carbocycles. The van der Waals surface area contributed by atoms with E-state index in [0.717, 1.165) is 44.0 Å². The molecule has 0 N–H and O–H groups in total. The number of esters is 1. The number of carbonyl (C=O) groups excluding carboxylic acids is 1. The molecule has 0 amide bonds. The highest BCUT2D eigenvalue weighted by molar-refractivity contribution is 7.07. The molecule has 0 fully saturated rings. The van der Waals surface area contributed by atoms with Gasteiger partial charge in [0.25, 0.3) is 0 Å². The molecule has 102 valence electrons. The van der Waals surface area contributed by atoms with Gasteiger partial charge in [0, 0.05) is 6.54 Å². The summed E-state index contributed by atoms with van der Waals surface area (Å²) < 4.78 is 8.97. The number of ether oxygens (including phenoxy) is 1. The van der Waals surface area contributed by atoms with Crippen LogP contribution in [0, 0.1) is 6.92 Å². The molecule has 0 bridgehead atoms. The average Bonchev–Trinajstić information content (AvgIpc) is 2.76. The van der Waals surface area contributed by atoms with Gasteiger partial charge in [0.1, 0.15) is 6.61 Å². The summed E-state index contributed by atoms with van der Waals surface area (Å²) in [5.74, 6) is -0.310. The lowest BCUT2D eigenvalue weighted by atomic mass is 10.3. The smallest absolute Gasteiger partial charge is 0.351 e. The van der Waals surface area contributed by atoms with Crippen molar-refractivity contribution in [3.63, 3.8) is 0 Å². The molecule has 1 aromatic heterocycles. The molecule has 0 aromatic carbocycles. The molecule has 0 saturated heterocycles. The maximum atomic E-state index is 11.7. The van der Waals surface area contributed by atoms with Crippen LogP contribution in [0.3, 0.4) is 0 Å². The van der Waals surface area contributed by atoms with Gasteiger partial charge in [0.15, 0.2) is 4.88 Å². The van der Waals surface area contributed by atoms with Gasteiger partial charge in [0.05, 0.1) is 5.69 Å². The third-order valence-electron chi connectivity index (χ3n) is 2.56. The molecule has 18 heavy (non-hydrogen) atoms. The number of aryl methyl sites for hydroxylation is 1. The fourth-order valence-corrected chi connectivity index (χ4v) is 2.27. The van der Waals surface area contributed by atoms with E-state index in [1.54, 1.807) is 6.92 Å². The van der Waals surface area contributed by atoms with E-state index in [0.29, 0.717) is 17.2 Å². The second-order valence-electron chi connectivity index (χ2n) is 4.17. The second-order valence-corrected chi connectivity index (χ2v) is 4.92. The van der Waals surface area contributed by atoms with Crippen LogP contribution in [0.4, 0.5) is 0 Å². The highest BCUT2D eigenvalue weighted by atomic mass is 32.1. The van der Waals surface area contributed by atoms with Crippen molar-refractivity contribution in [3.05, 3.63) is 10.6 Å². The van der Waals surface area contributed by atoms with Crippen LogP contribution < -0.4 is 0 Å². The van der Waals surface area contributed by atoms with Gasteiger partial charge in [0.2, 0.25) is 0 Å². The average molecular weight is 271 g/mol. The van der Waals surface area contributed by atoms with E-state index >= 15 is 0 Å². The van der Waals surface area contributed by atoms with E-state index in [1.807, 2.05) is 0 Å². The van der Waals surface area contributed by atoms with E-state index in [2.05, 4.69) is 28.3 Å². The quantitative estimate of drug-likeness (QED) is 0.678. The fourth-order valence-electron chi connectivity index (χ4n) is 1.72. The predicted molar refractivity (Wildman–Crippen MR) is 72.0 cm³/mol. The summed E-state index contributed by atoms with van der Waals surface area (Å²) in [6.45, 7) is 9.39. The summed E-state index contributed by atoms with van der Waals surface area (Å²) >= 11 is 1.09. The molecular formula is C12H21N3O2S. The van der Waals surface area contributed by atoms with Gasteiger partial charge in [-0.05, 0) is 44.4 Å². The lowest BCUT2D eigenvalue weighted by molar-refractivity contribution is 0.0466. The molecule has 0 aliphatic heterocycles. The normalized spacial score (nSPS) is 10.9. The molecule has 0 atom stereocenters. The van der Waals surface area contributed by atoms with E-state index in [1.165, 1.54) is 0 Å². The fraction of sp³-hybridized carbons (Fsp3) is 0.750. The Balaban J connectivity index is 2.32. The third-order valence-corrected chi connectivity index (χ3v) is 3.37. The molecule has 0 aliphatic rings. The molecule has 6 heteroatoms. The highest BCUT2D eigenvalue weighted by Gasteiger charge is 2.14. The van der Waals surface area contributed by atoms with Crippen LogP contribution in [0.2, 0.25) is 0 Å². The Morgan fingerprint density at radius 3 is 2.44 bits per heavy atom. The molecule has 0 aliphatic carbocycles. The summed E-state index contributed by atoms with van der Waals surface area (Å²) in [6.07, 6.45) is 2.23. The van der Waals surface area contributed by atoms with Gasteiger partial charge < -0.3 is 4.74 Å². The first-order valence-corrected chi connectivity index (χ1v) is 7.14. The maximum Gasteiger partial charge on any atom is 0.351 e. The number of hydrogen-bond acceptors (Lipinski definition) is 6. The number of nitrogens with zero attached hydrogens (tertiary/aromatic N) is 3. The number of hydrogen-bond donors (Lipinski definition) is 0. The summed E-state index contributed by atoms with van der Waals surface area (Å²) in [5, 5.41) is 3.80. The Labute approximate surface area is 112 Å². The minimum atomic E-state index is -0.310. The largest absolute Gasteiger partial charge is 0.460 e. The lowest BCUT2D eigenvalue weighted by Crippen LogP contribution is -2.29. The number of aromatic nitrogens is 2. The first-order valence-electron chi connectivity index (χ1n) is 6.37.